The quantitative estimate of drug-likeness (QED) is 0.809. The number of rotatable bonds is 6. The minimum Gasteiger partial charge on any atom is -0.342 e. The van der Waals surface area contributed by atoms with Gasteiger partial charge in [-0.2, -0.15) is 5.06 Å². The summed E-state index contributed by atoms with van der Waals surface area (Å²) < 4.78 is 0. The molecule has 1 atom stereocenters. The summed E-state index contributed by atoms with van der Waals surface area (Å²) in [6.07, 6.45) is 6.38. The SMILES string of the molecule is O=C(CCN1CCCO1)N1CCC[C@H](CCc2ccccc2)C1. The molecule has 0 spiro atoms. The first kappa shape index (κ1) is 16.5. The molecule has 1 aromatic carbocycles. The highest BCUT2D eigenvalue weighted by Crippen LogP contribution is 2.22. The molecule has 0 N–H and O–H groups in total. The maximum absolute atomic E-state index is 12.4. The number of carbonyl (C=O) groups is 1. The number of hydrogen-bond donors (Lipinski definition) is 0. The predicted molar refractivity (Wildman–Crippen MR) is 90.8 cm³/mol. The second-order valence-corrected chi connectivity index (χ2v) is 6.74. The van der Waals surface area contributed by atoms with E-state index < -0.39 is 0 Å². The first-order chi connectivity index (χ1) is 11.3. The van der Waals surface area contributed by atoms with E-state index in [4.69, 9.17) is 4.84 Å². The van der Waals surface area contributed by atoms with Crippen molar-refractivity contribution >= 4 is 5.91 Å². The molecule has 2 saturated heterocycles. The van der Waals surface area contributed by atoms with Gasteiger partial charge < -0.3 is 4.90 Å². The second kappa shape index (κ2) is 8.46. The second-order valence-electron chi connectivity index (χ2n) is 6.74. The molecule has 2 fully saturated rings. The molecular formula is C19H28N2O2. The van der Waals surface area contributed by atoms with Crippen molar-refractivity contribution < 1.29 is 9.63 Å². The van der Waals surface area contributed by atoms with Gasteiger partial charge in [-0.3, -0.25) is 9.63 Å². The van der Waals surface area contributed by atoms with Gasteiger partial charge >= 0.3 is 0 Å². The van der Waals surface area contributed by atoms with Crippen LogP contribution in [0.1, 0.15) is 37.7 Å². The maximum atomic E-state index is 12.4. The molecule has 2 heterocycles. The third kappa shape index (κ3) is 5.05. The average Bonchev–Trinajstić information content (AvgIpc) is 3.12. The monoisotopic (exact) mass is 316 g/mol. The van der Waals surface area contributed by atoms with E-state index in [-0.39, 0.29) is 0 Å². The fourth-order valence-electron chi connectivity index (χ4n) is 3.60. The van der Waals surface area contributed by atoms with Crippen LogP contribution in [-0.4, -0.2) is 48.7 Å². The molecule has 0 aliphatic carbocycles. The van der Waals surface area contributed by atoms with E-state index in [9.17, 15) is 4.79 Å². The van der Waals surface area contributed by atoms with E-state index in [2.05, 4.69) is 35.2 Å². The zero-order valence-corrected chi connectivity index (χ0v) is 14.0. The summed E-state index contributed by atoms with van der Waals surface area (Å²) in [5.41, 5.74) is 1.40. The van der Waals surface area contributed by atoms with Gasteiger partial charge in [-0.1, -0.05) is 30.3 Å². The highest BCUT2D eigenvalue weighted by atomic mass is 16.7. The average molecular weight is 316 g/mol. The number of nitrogens with zero attached hydrogens (tertiary/aromatic N) is 2. The Morgan fingerprint density at radius 1 is 1.17 bits per heavy atom. The van der Waals surface area contributed by atoms with Gasteiger partial charge in [-0.15, -0.1) is 0 Å². The summed E-state index contributed by atoms with van der Waals surface area (Å²) in [4.78, 5) is 20.0. The molecular weight excluding hydrogens is 288 g/mol. The first-order valence-electron chi connectivity index (χ1n) is 9.01. The Morgan fingerprint density at radius 3 is 2.83 bits per heavy atom. The van der Waals surface area contributed by atoms with Crippen molar-refractivity contribution in [1.82, 2.24) is 9.96 Å². The van der Waals surface area contributed by atoms with Crippen molar-refractivity contribution in [3.8, 4) is 0 Å². The van der Waals surface area contributed by atoms with Crippen LogP contribution in [0.5, 0.6) is 0 Å². The van der Waals surface area contributed by atoms with Crippen molar-refractivity contribution in [3.05, 3.63) is 35.9 Å². The number of benzene rings is 1. The van der Waals surface area contributed by atoms with E-state index >= 15 is 0 Å². The maximum Gasteiger partial charge on any atom is 0.223 e. The van der Waals surface area contributed by atoms with Crippen molar-refractivity contribution in [2.24, 2.45) is 5.92 Å². The lowest BCUT2D eigenvalue weighted by molar-refractivity contribution is -0.140. The normalized spacial score (nSPS) is 22.4. The number of likely N-dealkylation sites (tertiary alicyclic amines) is 1. The van der Waals surface area contributed by atoms with Crippen LogP contribution in [0.3, 0.4) is 0 Å². The highest BCUT2D eigenvalue weighted by Gasteiger charge is 2.24. The molecule has 126 valence electrons. The topological polar surface area (TPSA) is 32.8 Å². The molecule has 0 radical (unpaired) electrons. The molecule has 1 aromatic rings. The van der Waals surface area contributed by atoms with Crippen molar-refractivity contribution in [2.75, 3.05) is 32.8 Å². The fraction of sp³-hybridized carbons (Fsp3) is 0.632. The van der Waals surface area contributed by atoms with Gasteiger partial charge in [0.15, 0.2) is 0 Å². The molecule has 0 unspecified atom stereocenters. The number of hydroxylamine groups is 2. The van der Waals surface area contributed by atoms with E-state index in [1.165, 1.54) is 18.4 Å². The zero-order chi connectivity index (χ0) is 15.9. The Kier molecular flexibility index (Phi) is 6.06. The smallest absolute Gasteiger partial charge is 0.223 e. The van der Waals surface area contributed by atoms with Crippen LogP contribution in [0, 0.1) is 5.92 Å². The molecule has 0 saturated carbocycles. The third-order valence-electron chi connectivity index (χ3n) is 4.96. The molecule has 2 aliphatic heterocycles. The van der Waals surface area contributed by atoms with E-state index in [0.29, 0.717) is 18.2 Å². The molecule has 0 bridgehead atoms. The molecule has 1 amide bonds. The molecule has 3 rings (SSSR count). The van der Waals surface area contributed by atoms with Gasteiger partial charge in [-0.05, 0) is 43.6 Å². The largest absolute Gasteiger partial charge is 0.342 e. The van der Waals surface area contributed by atoms with E-state index in [1.807, 2.05) is 5.06 Å². The van der Waals surface area contributed by atoms with Crippen LogP contribution < -0.4 is 0 Å². The summed E-state index contributed by atoms with van der Waals surface area (Å²) in [6.45, 7) is 4.38. The number of piperidine rings is 1. The van der Waals surface area contributed by atoms with Crippen LogP contribution in [0.4, 0.5) is 0 Å². The van der Waals surface area contributed by atoms with Crippen LogP contribution in [0.15, 0.2) is 30.3 Å². The molecule has 23 heavy (non-hydrogen) atoms. The number of amides is 1. The fourth-order valence-corrected chi connectivity index (χ4v) is 3.60. The Hall–Kier alpha value is -1.39. The highest BCUT2D eigenvalue weighted by molar-refractivity contribution is 5.76. The van der Waals surface area contributed by atoms with Crippen LogP contribution in [0.2, 0.25) is 0 Å². The number of aryl methyl sites for hydroxylation is 1. The lowest BCUT2D eigenvalue weighted by Crippen LogP contribution is -2.41. The zero-order valence-electron chi connectivity index (χ0n) is 14.0. The van der Waals surface area contributed by atoms with Gasteiger partial charge in [0, 0.05) is 32.6 Å². The summed E-state index contributed by atoms with van der Waals surface area (Å²) >= 11 is 0. The predicted octanol–water partition coefficient (Wildman–Crippen LogP) is 2.89. The summed E-state index contributed by atoms with van der Waals surface area (Å²) in [6, 6.07) is 10.7. The molecule has 4 heteroatoms. The van der Waals surface area contributed by atoms with Crippen molar-refractivity contribution in [3.63, 3.8) is 0 Å². The first-order valence-corrected chi connectivity index (χ1v) is 9.01. The third-order valence-corrected chi connectivity index (χ3v) is 4.96. The number of carbonyl (C=O) groups excluding carboxylic acids is 1. The van der Waals surface area contributed by atoms with Gasteiger partial charge in [0.25, 0.3) is 0 Å². The standard InChI is InChI=1S/C19H28N2O2/c22-19(11-14-21-13-5-15-23-21)20-12-4-8-18(16-20)10-9-17-6-2-1-3-7-17/h1-3,6-7,18H,4-5,8-16H2/t18-/m1/s1. The van der Waals surface area contributed by atoms with E-state index in [0.717, 1.165) is 52.0 Å². The van der Waals surface area contributed by atoms with Crippen molar-refractivity contribution in [1.29, 1.82) is 0 Å². The summed E-state index contributed by atoms with van der Waals surface area (Å²) in [7, 11) is 0. The minimum atomic E-state index is 0.296. The Labute approximate surface area is 139 Å². The molecule has 0 aromatic heterocycles. The lowest BCUT2D eigenvalue weighted by atomic mass is 9.91. The Bertz CT molecular complexity index is 485. The van der Waals surface area contributed by atoms with Gasteiger partial charge in [0.2, 0.25) is 5.91 Å². The van der Waals surface area contributed by atoms with Crippen LogP contribution in [-0.2, 0) is 16.1 Å². The summed E-state index contributed by atoms with van der Waals surface area (Å²) in [5.74, 6) is 0.945. The summed E-state index contributed by atoms with van der Waals surface area (Å²) in [5, 5.41) is 1.94. The number of hydrogen-bond acceptors (Lipinski definition) is 3. The van der Waals surface area contributed by atoms with Crippen molar-refractivity contribution in [2.45, 2.75) is 38.5 Å². The molecule has 4 nitrogen and oxygen atoms in total. The van der Waals surface area contributed by atoms with E-state index in [1.54, 1.807) is 0 Å². The Balaban J connectivity index is 1.41. The van der Waals surface area contributed by atoms with Gasteiger partial charge in [-0.25, -0.2) is 0 Å². The lowest BCUT2D eigenvalue weighted by Gasteiger charge is -2.33. The van der Waals surface area contributed by atoms with Gasteiger partial charge in [0.1, 0.15) is 0 Å². The Morgan fingerprint density at radius 2 is 2.04 bits per heavy atom. The van der Waals surface area contributed by atoms with Crippen LogP contribution in [0.25, 0.3) is 0 Å². The molecule has 2 aliphatic rings. The van der Waals surface area contributed by atoms with Crippen LogP contribution >= 0.6 is 0 Å². The minimum absolute atomic E-state index is 0.296. The van der Waals surface area contributed by atoms with Gasteiger partial charge in [0.05, 0.1) is 6.61 Å².